The van der Waals surface area contributed by atoms with Crippen LogP contribution in [0.15, 0.2) is 12.2 Å². The lowest BCUT2D eigenvalue weighted by Gasteiger charge is -2.33. The smallest absolute Gasteiger partial charge is 0.00130 e. The Hall–Kier alpha value is -0.300. The third-order valence-electron chi connectivity index (χ3n) is 3.68. The lowest BCUT2D eigenvalue weighted by atomic mass is 9.84. The summed E-state index contributed by atoms with van der Waals surface area (Å²) in [4.78, 5) is 2.62. The van der Waals surface area contributed by atoms with Crippen LogP contribution in [0.3, 0.4) is 0 Å². The SMILES string of the molecule is C=C(C(C)C)C1CCN(CCCC)CC1.CC. The van der Waals surface area contributed by atoms with E-state index in [9.17, 15) is 0 Å². The molecule has 0 atom stereocenters. The van der Waals surface area contributed by atoms with E-state index in [1.807, 2.05) is 13.8 Å². The van der Waals surface area contributed by atoms with E-state index < -0.39 is 0 Å². The van der Waals surface area contributed by atoms with Gasteiger partial charge in [-0.15, -0.1) is 0 Å². The minimum atomic E-state index is 0.664. The lowest BCUT2D eigenvalue weighted by molar-refractivity contribution is 0.192. The van der Waals surface area contributed by atoms with Crippen molar-refractivity contribution in [3.8, 4) is 0 Å². The Morgan fingerprint density at radius 1 is 1.24 bits per heavy atom. The summed E-state index contributed by atoms with van der Waals surface area (Å²) in [6.45, 7) is 18.9. The van der Waals surface area contributed by atoms with Crippen LogP contribution in [0, 0.1) is 11.8 Å². The molecular weight excluding hydrogens is 206 g/mol. The summed E-state index contributed by atoms with van der Waals surface area (Å²) < 4.78 is 0. The van der Waals surface area contributed by atoms with Gasteiger partial charge in [0, 0.05) is 0 Å². The number of unbranched alkanes of at least 4 members (excludes halogenated alkanes) is 1. The summed E-state index contributed by atoms with van der Waals surface area (Å²) in [5, 5.41) is 0. The largest absolute Gasteiger partial charge is 0.303 e. The Kier molecular flexibility index (Phi) is 9.53. The highest BCUT2D eigenvalue weighted by Crippen LogP contribution is 2.28. The Balaban J connectivity index is 0.00000121. The maximum Gasteiger partial charge on any atom is -0.00130 e. The van der Waals surface area contributed by atoms with Crippen LogP contribution in [-0.4, -0.2) is 24.5 Å². The van der Waals surface area contributed by atoms with Crippen LogP contribution < -0.4 is 0 Å². The maximum absolute atomic E-state index is 4.25. The van der Waals surface area contributed by atoms with Gasteiger partial charge in [-0.05, 0) is 50.7 Å². The average molecular weight is 239 g/mol. The molecule has 0 aromatic rings. The second-order valence-corrected chi connectivity index (χ2v) is 5.20. The molecule has 0 aromatic heterocycles. The number of allylic oxidation sites excluding steroid dienone is 1. The first-order valence-corrected chi connectivity index (χ1v) is 7.56. The molecule has 1 aliphatic heterocycles. The zero-order valence-corrected chi connectivity index (χ0v) is 12.8. The van der Waals surface area contributed by atoms with E-state index >= 15 is 0 Å². The first kappa shape index (κ1) is 16.7. The van der Waals surface area contributed by atoms with Crippen molar-refractivity contribution in [1.82, 2.24) is 4.90 Å². The molecule has 0 aliphatic carbocycles. The third-order valence-corrected chi connectivity index (χ3v) is 3.68. The first-order chi connectivity index (χ1) is 8.15. The number of nitrogens with zero attached hydrogens (tertiary/aromatic N) is 1. The van der Waals surface area contributed by atoms with Crippen molar-refractivity contribution in [3.05, 3.63) is 12.2 Å². The zero-order chi connectivity index (χ0) is 13.3. The van der Waals surface area contributed by atoms with Crippen molar-refractivity contribution < 1.29 is 0 Å². The lowest BCUT2D eigenvalue weighted by Crippen LogP contribution is -2.35. The second-order valence-electron chi connectivity index (χ2n) is 5.20. The van der Waals surface area contributed by atoms with Gasteiger partial charge in [-0.2, -0.15) is 0 Å². The average Bonchev–Trinajstić information content (AvgIpc) is 2.38. The van der Waals surface area contributed by atoms with Crippen molar-refractivity contribution in [3.63, 3.8) is 0 Å². The minimum absolute atomic E-state index is 0.664. The van der Waals surface area contributed by atoms with Gasteiger partial charge in [-0.25, -0.2) is 0 Å². The van der Waals surface area contributed by atoms with Crippen molar-refractivity contribution in [2.75, 3.05) is 19.6 Å². The number of likely N-dealkylation sites (tertiary alicyclic amines) is 1. The molecule has 0 radical (unpaired) electrons. The predicted molar refractivity (Wildman–Crippen MR) is 79.4 cm³/mol. The summed E-state index contributed by atoms with van der Waals surface area (Å²) in [5.41, 5.74) is 1.48. The zero-order valence-electron chi connectivity index (χ0n) is 12.8. The molecule has 0 unspecified atom stereocenters. The highest BCUT2D eigenvalue weighted by atomic mass is 15.1. The van der Waals surface area contributed by atoms with E-state index in [0.717, 1.165) is 5.92 Å². The van der Waals surface area contributed by atoms with Crippen LogP contribution in [0.25, 0.3) is 0 Å². The number of hydrogen-bond acceptors (Lipinski definition) is 1. The molecule has 1 aliphatic rings. The van der Waals surface area contributed by atoms with E-state index in [1.165, 1.54) is 50.9 Å². The molecular formula is C16H33N. The van der Waals surface area contributed by atoms with Crippen LogP contribution in [0.4, 0.5) is 0 Å². The molecule has 0 spiro atoms. The Labute approximate surface area is 109 Å². The van der Waals surface area contributed by atoms with Crippen molar-refractivity contribution in [2.45, 2.75) is 60.3 Å². The fourth-order valence-corrected chi connectivity index (χ4v) is 2.38. The van der Waals surface area contributed by atoms with Crippen molar-refractivity contribution in [1.29, 1.82) is 0 Å². The van der Waals surface area contributed by atoms with Crippen LogP contribution in [0.1, 0.15) is 60.3 Å². The molecule has 1 heterocycles. The summed E-state index contributed by atoms with van der Waals surface area (Å²) in [6.07, 6.45) is 5.34. The minimum Gasteiger partial charge on any atom is -0.303 e. The third kappa shape index (κ3) is 6.26. The van der Waals surface area contributed by atoms with Gasteiger partial charge in [0.25, 0.3) is 0 Å². The molecule has 1 rings (SSSR count). The molecule has 17 heavy (non-hydrogen) atoms. The summed E-state index contributed by atoms with van der Waals surface area (Å²) in [6, 6.07) is 0. The molecule has 1 heteroatoms. The van der Waals surface area contributed by atoms with E-state index in [1.54, 1.807) is 0 Å². The molecule has 1 fully saturated rings. The predicted octanol–water partition coefficient (Wildman–Crippen LogP) is 4.74. The molecule has 0 N–H and O–H groups in total. The molecule has 0 amide bonds. The highest BCUT2D eigenvalue weighted by molar-refractivity contribution is 5.04. The standard InChI is InChI=1S/C14H27N.C2H6/c1-5-6-9-15-10-7-14(8-11-15)13(4)12(2)3;1-2/h12,14H,4-11H2,1-3H3;1-2H3. The van der Waals surface area contributed by atoms with E-state index in [0.29, 0.717) is 5.92 Å². The molecule has 1 saturated heterocycles. The van der Waals surface area contributed by atoms with Gasteiger partial charge in [0.15, 0.2) is 0 Å². The normalized spacial score (nSPS) is 17.8. The van der Waals surface area contributed by atoms with Gasteiger partial charge in [-0.1, -0.05) is 53.2 Å². The number of hydrogen-bond donors (Lipinski definition) is 0. The van der Waals surface area contributed by atoms with Gasteiger partial charge in [0.2, 0.25) is 0 Å². The monoisotopic (exact) mass is 239 g/mol. The van der Waals surface area contributed by atoms with Crippen molar-refractivity contribution >= 4 is 0 Å². The van der Waals surface area contributed by atoms with Gasteiger partial charge < -0.3 is 4.90 Å². The highest BCUT2D eigenvalue weighted by Gasteiger charge is 2.21. The molecule has 0 saturated carbocycles. The second kappa shape index (κ2) is 9.70. The first-order valence-electron chi connectivity index (χ1n) is 7.56. The van der Waals surface area contributed by atoms with Crippen LogP contribution in [0.5, 0.6) is 0 Å². The molecule has 1 nitrogen and oxygen atoms in total. The summed E-state index contributed by atoms with van der Waals surface area (Å²) in [5.74, 6) is 1.46. The van der Waals surface area contributed by atoms with Crippen LogP contribution in [-0.2, 0) is 0 Å². The number of piperidine rings is 1. The van der Waals surface area contributed by atoms with Crippen molar-refractivity contribution in [2.24, 2.45) is 11.8 Å². The van der Waals surface area contributed by atoms with E-state index in [2.05, 4.69) is 32.3 Å². The van der Waals surface area contributed by atoms with Gasteiger partial charge in [0.05, 0.1) is 0 Å². The van der Waals surface area contributed by atoms with E-state index in [4.69, 9.17) is 0 Å². The quantitative estimate of drug-likeness (QED) is 0.627. The van der Waals surface area contributed by atoms with Crippen LogP contribution >= 0.6 is 0 Å². The fraction of sp³-hybridized carbons (Fsp3) is 0.875. The Morgan fingerprint density at radius 2 is 1.76 bits per heavy atom. The Morgan fingerprint density at radius 3 is 2.18 bits per heavy atom. The molecule has 0 bridgehead atoms. The number of rotatable bonds is 5. The molecule has 0 aromatic carbocycles. The Bertz CT molecular complexity index is 188. The topological polar surface area (TPSA) is 3.24 Å². The van der Waals surface area contributed by atoms with Gasteiger partial charge in [0.1, 0.15) is 0 Å². The summed E-state index contributed by atoms with van der Waals surface area (Å²) >= 11 is 0. The van der Waals surface area contributed by atoms with Gasteiger partial charge >= 0.3 is 0 Å². The van der Waals surface area contributed by atoms with Crippen LogP contribution in [0.2, 0.25) is 0 Å². The van der Waals surface area contributed by atoms with Gasteiger partial charge in [-0.3, -0.25) is 0 Å². The summed E-state index contributed by atoms with van der Waals surface area (Å²) in [7, 11) is 0. The molecule has 102 valence electrons. The van der Waals surface area contributed by atoms with E-state index in [-0.39, 0.29) is 0 Å². The fourth-order valence-electron chi connectivity index (χ4n) is 2.38. The maximum atomic E-state index is 4.25.